The van der Waals surface area contributed by atoms with Gasteiger partial charge >= 0.3 is 12.5 Å². The summed E-state index contributed by atoms with van der Waals surface area (Å²) in [5.41, 5.74) is 0.473. The number of rotatable bonds is 2. The van der Waals surface area contributed by atoms with Crippen LogP contribution in [0.4, 0.5) is 23.7 Å². The lowest BCUT2D eigenvalue weighted by Crippen LogP contribution is -2.34. The van der Waals surface area contributed by atoms with Gasteiger partial charge in [0.1, 0.15) is 5.75 Å². The van der Waals surface area contributed by atoms with E-state index in [2.05, 4.69) is 4.74 Å². The van der Waals surface area contributed by atoms with E-state index in [4.69, 9.17) is 5.11 Å². The van der Waals surface area contributed by atoms with Crippen LogP contribution < -0.4 is 9.64 Å². The number of nitrogens with zero attached hydrogens (tertiary/aromatic N) is 2. The zero-order valence-electron chi connectivity index (χ0n) is 11.8. The fraction of sp³-hybridized carbons (Fsp3) is 0.429. The molecular weight excluding hydrogens is 317 g/mol. The van der Waals surface area contributed by atoms with E-state index >= 15 is 0 Å². The number of carboxylic acid groups (broad SMARTS) is 1. The van der Waals surface area contributed by atoms with Crippen molar-refractivity contribution in [2.45, 2.75) is 6.36 Å². The first-order valence-electron chi connectivity index (χ1n) is 6.89. The standard InChI is InChI=1S/C14H13F3N2O4/c15-14(16,17)23-10-3-1-9(2-4-10)19-6-8-5-18(13(21)22)7-11(8)12(19)20/h1-4,8,11H,5-7H2,(H,21,22)/t8-,11+/m1/s1. The van der Waals surface area contributed by atoms with Crippen molar-refractivity contribution >= 4 is 17.7 Å². The summed E-state index contributed by atoms with van der Waals surface area (Å²) in [7, 11) is 0. The van der Waals surface area contributed by atoms with Crippen LogP contribution in [0.25, 0.3) is 0 Å². The van der Waals surface area contributed by atoms with Crippen molar-refractivity contribution in [2.24, 2.45) is 11.8 Å². The maximum Gasteiger partial charge on any atom is 0.573 e. The molecule has 2 atom stereocenters. The van der Waals surface area contributed by atoms with Gasteiger partial charge in [-0.05, 0) is 24.3 Å². The van der Waals surface area contributed by atoms with Crippen molar-refractivity contribution in [3.8, 4) is 5.75 Å². The molecule has 1 aromatic rings. The highest BCUT2D eigenvalue weighted by atomic mass is 19.4. The van der Waals surface area contributed by atoms with Gasteiger partial charge in [-0.25, -0.2) is 4.79 Å². The van der Waals surface area contributed by atoms with Gasteiger partial charge in [0.05, 0.1) is 5.92 Å². The summed E-state index contributed by atoms with van der Waals surface area (Å²) in [5.74, 6) is -1.05. The first-order chi connectivity index (χ1) is 10.7. The number of ether oxygens (including phenoxy) is 1. The Hall–Kier alpha value is -2.45. The monoisotopic (exact) mass is 330 g/mol. The third-order valence-electron chi connectivity index (χ3n) is 4.09. The lowest BCUT2D eigenvalue weighted by Gasteiger charge is -2.20. The average molecular weight is 330 g/mol. The fourth-order valence-corrected chi connectivity index (χ4v) is 3.08. The topological polar surface area (TPSA) is 70.1 Å². The van der Waals surface area contributed by atoms with Crippen LogP contribution in [0.1, 0.15) is 0 Å². The first kappa shape index (κ1) is 15.4. The molecule has 23 heavy (non-hydrogen) atoms. The van der Waals surface area contributed by atoms with Crippen LogP contribution in [-0.2, 0) is 4.79 Å². The highest BCUT2D eigenvalue weighted by Gasteiger charge is 2.47. The van der Waals surface area contributed by atoms with Gasteiger partial charge in [-0.1, -0.05) is 0 Å². The zero-order valence-corrected chi connectivity index (χ0v) is 11.8. The van der Waals surface area contributed by atoms with Gasteiger partial charge in [-0.3, -0.25) is 4.79 Å². The van der Waals surface area contributed by atoms with E-state index in [1.165, 1.54) is 21.9 Å². The summed E-state index contributed by atoms with van der Waals surface area (Å²) in [4.78, 5) is 26.0. The molecule has 0 unspecified atom stereocenters. The number of amides is 2. The predicted octanol–water partition coefficient (Wildman–Crippen LogP) is 2.16. The number of carbonyl (C=O) groups is 2. The predicted molar refractivity (Wildman–Crippen MR) is 72.1 cm³/mol. The molecule has 2 aliphatic heterocycles. The molecule has 6 nitrogen and oxygen atoms in total. The van der Waals surface area contributed by atoms with Crippen LogP contribution in [-0.4, -0.2) is 48.0 Å². The summed E-state index contributed by atoms with van der Waals surface area (Å²) in [5, 5.41) is 8.96. The molecule has 0 bridgehead atoms. The van der Waals surface area contributed by atoms with Crippen LogP contribution in [0, 0.1) is 11.8 Å². The van der Waals surface area contributed by atoms with E-state index in [0.717, 1.165) is 12.1 Å². The second-order valence-corrected chi connectivity index (χ2v) is 5.54. The van der Waals surface area contributed by atoms with Crippen molar-refractivity contribution in [1.29, 1.82) is 0 Å². The SMILES string of the molecule is O=C(O)N1C[C@@H]2CN(c3ccc(OC(F)(F)F)cc3)C(=O)[C@H]2C1. The molecule has 2 heterocycles. The Balaban J connectivity index is 1.70. The molecular formula is C14H13F3N2O4. The molecule has 0 aromatic heterocycles. The van der Waals surface area contributed by atoms with Gasteiger partial charge in [0, 0.05) is 31.2 Å². The van der Waals surface area contributed by atoms with Gasteiger partial charge in [0.2, 0.25) is 5.91 Å². The van der Waals surface area contributed by atoms with E-state index in [9.17, 15) is 22.8 Å². The smallest absolute Gasteiger partial charge is 0.465 e. The number of halogens is 3. The van der Waals surface area contributed by atoms with Crippen molar-refractivity contribution in [3.63, 3.8) is 0 Å². The van der Waals surface area contributed by atoms with Gasteiger partial charge < -0.3 is 19.6 Å². The number of benzene rings is 1. The summed E-state index contributed by atoms with van der Waals surface area (Å²) in [6.07, 6.45) is -5.81. The number of fused-ring (bicyclic) bond motifs is 1. The highest BCUT2D eigenvalue weighted by molar-refractivity contribution is 5.98. The number of alkyl halides is 3. The molecule has 2 amide bonds. The largest absolute Gasteiger partial charge is 0.573 e. The molecule has 2 saturated heterocycles. The Labute approximate surface area is 129 Å². The second-order valence-electron chi connectivity index (χ2n) is 5.54. The Morgan fingerprint density at radius 3 is 2.35 bits per heavy atom. The Morgan fingerprint density at radius 1 is 1.17 bits per heavy atom. The Morgan fingerprint density at radius 2 is 1.83 bits per heavy atom. The molecule has 0 aliphatic carbocycles. The molecule has 1 N–H and O–H groups in total. The maximum absolute atomic E-state index is 12.4. The molecule has 124 valence electrons. The van der Waals surface area contributed by atoms with Gasteiger partial charge in [0.15, 0.2) is 0 Å². The number of likely N-dealkylation sites (tertiary alicyclic amines) is 1. The lowest BCUT2D eigenvalue weighted by atomic mass is 10.0. The Kier molecular flexibility index (Phi) is 3.57. The van der Waals surface area contributed by atoms with Crippen LogP contribution in [0.5, 0.6) is 5.75 Å². The molecule has 2 fully saturated rings. The number of carbonyl (C=O) groups excluding carboxylic acids is 1. The number of anilines is 1. The van der Waals surface area contributed by atoms with Gasteiger partial charge in [0.25, 0.3) is 0 Å². The van der Waals surface area contributed by atoms with Crippen LogP contribution >= 0.6 is 0 Å². The minimum absolute atomic E-state index is 0.0929. The van der Waals surface area contributed by atoms with Crippen molar-refractivity contribution < 1.29 is 32.6 Å². The molecule has 9 heteroatoms. The normalized spacial score (nSPS) is 24.0. The molecule has 0 spiro atoms. The quantitative estimate of drug-likeness (QED) is 0.902. The summed E-state index contributed by atoms with van der Waals surface area (Å²) in [6.45, 7) is 0.800. The third kappa shape index (κ3) is 3.03. The highest BCUT2D eigenvalue weighted by Crippen LogP contribution is 2.36. The molecule has 2 aliphatic rings. The maximum atomic E-state index is 12.4. The minimum Gasteiger partial charge on any atom is -0.465 e. The van der Waals surface area contributed by atoms with E-state index in [1.54, 1.807) is 0 Å². The van der Waals surface area contributed by atoms with Crippen molar-refractivity contribution in [1.82, 2.24) is 4.90 Å². The fourth-order valence-electron chi connectivity index (χ4n) is 3.08. The second kappa shape index (κ2) is 5.32. The number of hydrogen-bond donors (Lipinski definition) is 1. The number of hydrogen-bond acceptors (Lipinski definition) is 3. The van der Waals surface area contributed by atoms with Crippen LogP contribution in [0.3, 0.4) is 0 Å². The minimum atomic E-state index is -4.76. The summed E-state index contributed by atoms with van der Waals surface area (Å²) >= 11 is 0. The van der Waals surface area contributed by atoms with Crippen molar-refractivity contribution in [3.05, 3.63) is 24.3 Å². The zero-order chi connectivity index (χ0) is 16.8. The molecule has 0 saturated carbocycles. The van der Waals surface area contributed by atoms with E-state index < -0.39 is 18.4 Å². The lowest BCUT2D eigenvalue weighted by molar-refractivity contribution is -0.274. The first-order valence-corrected chi connectivity index (χ1v) is 6.89. The van der Waals surface area contributed by atoms with E-state index in [1.807, 2.05) is 0 Å². The average Bonchev–Trinajstić information content (AvgIpc) is 2.98. The summed E-state index contributed by atoms with van der Waals surface area (Å²) < 4.78 is 40.2. The van der Waals surface area contributed by atoms with E-state index in [0.29, 0.717) is 12.2 Å². The van der Waals surface area contributed by atoms with Gasteiger partial charge in [-0.2, -0.15) is 0 Å². The summed E-state index contributed by atoms with van der Waals surface area (Å²) in [6, 6.07) is 5.06. The van der Waals surface area contributed by atoms with E-state index in [-0.39, 0.29) is 30.7 Å². The molecule has 0 radical (unpaired) electrons. The molecule has 1 aromatic carbocycles. The van der Waals surface area contributed by atoms with Crippen LogP contribution in [0.2, 0.25) is 0 Å². The Bertz CT molecular complexity index is 632. The van der Waals surface area contributed by atoms with Crippen LogP contribution in [0.15, 0.2) is 24.3 Å². The van der Waals surface area contributed by atoms with Gasteiger partial charge in [-0.15, -0.1) is 13.2 Å². The molecule has 3 rings (SSSR count). The van der Waals surface area contributed by atoms with Crippen molar-refractivity contribution in [2.75, 3.05) is 24.5 Å². The third-order valence-corrected chi connectivity index (χ3v) is 4.09.